The molecule has 0 spiro atoms. The smallest absolute Gasteiger partial charge is 0.339 e. The number of nitrogens with one attached hydrogen (secondary N) is 2. The van der Waals surface area contributed by atoms with Crippen molar-refractivity contribution >= 4 is 28.5 Å². The van der Waals surface area contributed by atoms with Crippen LogP contribution >= 0.6 is 0 Å². The van der Waals surface area contributed by atoms with E-state index in [4.69, 9.17) is 14.2 Å². The average molecular weight is 380 g/mol. The molecule has 2 heterocycles. The summed E-state index contributed by atoms with van der Waals surface area (Å²) in [5.41, 5.74) is 0.670. The zero-order chi connectivity index (χ0) is 19.7. The summed E-state index contributed by atoms with van der Waals surface area (Å²) in [6.45, 7) is 1.58. The number of hydrogen-bond donors (Lipinski definition) is 2. The van der Waals surface area contributed by atoms with E-state index >= 15 is 0 Å². The third-order valence-corrected chi connectivity index (χ3v) is 4.26. The van der Waals surface area contributed by atoms with E-state index in [2.05, 4.69) is 10.3 Å². The van der Waals surface area contributed by atoms with Gasteiger partial charge < -0.3 is 24.5 Å². The lowest BCUT2D eigenvalue weighted by molar-refractivity contribution is -0.123. The van der Waals surface area contributed by atoms with E-state index in [0.717, 1.165) is 6.07 Å². The number of para-hydroxylation sites is 1. The molecule has 0 saturated heterocycles. The Morgan fingerprint density at radius 2 is 1.89 bits per heavy atom. The predicted octanol–water partition coefficient (Wildman–Crippen LogP) is 2.44. The number of carbonyl (C=O) groups is 2. The Balaban J connectivity index is 1.49. The number of rotatable bonds is 4. The number of aromatic amines is 1. The van der Waals surface area contributed by atoms with E-state index in [-0.39, 0.29) is 12.4 Å². The number of amides is 1. The summed E-state index contributed by atoms with van der Waals surface area (Å²) in [7, 11) is 0. The van der Waals surface area contributed by atoms with Crippen LogP contribution < -0.4 is 20.3 Å². The topological polar surface area (TPSA) is 107 Å². The van der Waals surface area contributed by atoms with Gasteiger partial charge in [-0.15, -0.1) is 0 Å². The van der Waals surface area contributed by atoms with Crippen molar-refractivity contribution in [3.05, 3.63) is 64.4 Å². The van der Waals surface area contributed by atoms with Gasteiger partial charge in [-0.3, -0.25) is 9.59 Å². The Morgan fingerprint density at radius 1 is 1.11 bits per heavy atom. The highest BCUT2D eigenvalue weighted by molar-refractivity contribution is 6.04. The standard InChI is InChI=1S/C20H16N2O6/c1-11(19(24)21-12-6-7-16-17(8-12)27-10-26-16)28-20(25)14-9-18(23)22-15-5-3-2-4-13(14)15/h2-9,11H,10H2,1H3,(H,21,24)(H,22,23)/t11-/m0/s1. The zero-order valence-corrected chi connectivity index (χ0v) is 14.9. The summed E-state index contributed by atoms with van der Waals surface area (Å²) in [6.07, 6.45) is -1.07. The SMILES string of the molecule is C[C@H](OC(=O)c1cc(=O)[nH]c2ccccc12)C(=O)Nc1ccc2c(c1)OCO2. The van der Waals surface area contributed by atoms with Gasteiger partial charge in [0.15, 0.2) is 17.6 Å². The van der Waals surface area contributed by atoms with Crippen LogP contribution in [0.1, 0.15) is 17.3 Å². The second kappa shape index (κ2) is 7.07. The first kappa shape index (κ1) is 17.6. The zero-order valence-electron chi connectivity index (χ0n) is 14.9. The predicted molar refractivity (Wildman–Crippen MR) is 101 cm³/mol. The molecule has 1 aliphatic heterocycles. The van der Waals surface area contributed by atoms with E-state index in [0.29, 0.717) is 28.1 Å². The molecule has 0 fully saturated rings. The highest BCUT2D eigenvalue weighted by atomic mass is 16.7. The van der Waals surface area contributed by atoms with Gasteiger partial charge in [-0.25, -0.2) is 4.79 Å². The number of pyridine rings is 1. The van der Waals surface area contributed by atoms with E-state index < -0.39 is 23.5 Å². The van der Waals surface area contributed by atoms with Crippen molar-refractivity contribution in [1.29, 1.82) is 0 Å². The Bertz CT molecular complexity index is 1140. The number of carbonyl (C=O) groups excluding carboxylic acids is 2. The van der Waals surface area contributed by atoms with Gasteiger partial charge in [-0.2, -0.15) is 0 Å². The highest BCUT2D eigenvalue weighted by Gasteiger charge is 2.22. The molecule has 1 aliphatic rings. The van der Waals surface area contributed by atoms with Crippen LogP contribution in [0.2, 0.25) is 0 Å². The van der Waals surface area contributed by atoms with Gasteiger partial charge in [0, 0.05) is 28.7 Å². The van der Waals surface area contributed by atoms with Crippen LogP contribution in [0, 0.1) is 0 Å². The molecule has 1 atom stereocenters. The monoisotopic (exact) mass is 380 g/mol. The van der Waals surface area contributed by atoms with Crippen molar-refractivity contribution in [1.82, 2.24) is 4.98 Å². The van der Waals surface area contributed by atoms with Crippen LogP contribution in [0.25, 0.3) is 10.9 Å². The van der Waals surface area contributed by atoms with E-state index in [1.165, 1.54) is 6.92 Å². The lowest BCUT2D eigenvalue weighted by atomic mass is 10.1. The van der Waals surface area contributed by atoms with Crippen LogP contribution in [-0.2, 0) is 9.53 Å². The van der Waals surface area contributed by atoms with Crippen LogP contribution in [0.4, 0.5) is 5.69 Å². The van der Waals surface area contributed by atoms with Crippen molar-refractivity contribution < 1.29 is 23.8 Å². The molecule has 0 unspecified atom stereocenters. The fourth-order valence-corrected chi connectivity index (χ4v) is 2.87. The lowest BCUT2D eigenvalue weighted by Gasteiger charge is -2.14. The molecule has 3 aromatic rings. The minimum atomic E-state index is -1.07. The average Bonchev–Trinajstić information content (AvgIpc) is 3.15. The molecule has 28 heavy (non-hydrogen) atoms. The fourth-order valence-electron chi connectivity index (χ4n) is 2.87. The Morgan fingerprint density at radius 3 is 2.75 bits per heavy atom. The molecule has 0 aliphatic carbocycles. The summed E-state index contributed by atoms with van der Waals surface area (Å²) in [5.74, 6) is -0.145. The number of esters is 1. The number of hydrogen-bond acceptors (Lipinski definition) is 6. The molecule has 4 rings (SSSR count). The number of anilines is 1. The van der Waals surface area contributed by atoms with E-state index in [9.17, 15) is 14.4 Å². The second-order valence-electron chi connectivity index (χ2n) is 6.20. The minimum absolute atomic E-state index is 0.0991. The Hall–Kier alpha value is -3.81. The molecule has 1 amide bonds. The van der Waals surface area contributed by atoms with Gasteiger partial charge in [0.25, 0.3) is 5.91 Å². The minimum Gasteiger partial charge on any atom is -0.454 e. The van der Waals surface area contributed by atoms with Gasteiger partial charge >= 0.3 is 5.97 Å². The third kappa shape index (κ3) is 3.39. The molecular weight excluding hydrogens is 364 g/mol. The molecule has 0 bridgehead atoms. The molecule has 8 nitrogen and oxygen atoms in total. The number of benzene rings is 2. The highest BCUT2D eigenvalue weighted by Crippen LogP contribution is 2.34. The molecule has 1 aromatic heterocycles. The molecule has 2 aromatic carbocycles. The molecule has 142 valence electrons. The van der Waals surface area contributed by atoms with Gasteiger partial charge in [0.2, 0.25) is 12.4 Å². The summed E-state index contributed by atoms with van der Waals surface area (Å²) < 4.78 is 15.8. The lowest BCUT2D eigenvalue weighted by Crippen LogP contribution is -2.30. The molecule has 2 N–H and O–H groups in total. The molecular formula is C20H16N2O6. The van der Waals surface area contributed by atoms with Crippen LogP contribution in [0.5, 0.6) is 11.5 Å². The van der Waals surface area contributed by atoms with Crippen LogP contribution in [-0.4, -0.2) is 29.8 Å². The first-order valence-electron chi connectivity index (χ1n) is 8.55. The molecule has 0 saturated carbocycles. The maximum Gasteiger partial charge on any atom is 0.339 e. The summed E-state index contributed by atoms with van der Waals surface area (Å²) in [4.78, 5) is 39.4. The number of ether oxygens (including phenoxy) is 3. The largest absolute Gasteiger partial charge is 0.454 e. The quantitative estimate of drug-likeness (QED) is 0.674. The fraction of sp³-hybridized carbons (Fsp3) is 0.150. The third-order valence-electron chi connectivity index (χ3n) is 4.26. The van der Waals surface area contributed by atoms with Crippen molar-refractivity contribution in [2.75, 3.05) is 12.1 Å². The first-order chi connectivity index (χ1) is 13.5. The summed E-state index contributed by atoms with van der Waals surface area (Å²) in [5, 5.41) is 3.19. The molecule has 8 heteroatoms. The normalized spacial score (nSPS) is 13.2. The van der Waals surface area contributed by atoms with Gasteiger partial charge in [-0.05, 0) is 25.1 Å². The van der Waals surface area contributed by atoms with Gasteiger partial charge in [0.1, 0.15) is 0 Å². The van der Waals surface area contributed by atoms with Crippen molar-refractivity contribution in [3.8, 4) is 11.5 Å². The van der Waals surface area contributed by atoms with Crippen LogP contribution in [0.3, 0.4) is 0 Å². The molecule has 0 radical (unpaired) electrons. The maximum atomic E-state index is 12.5. The van der Waals surface area contributed by atoms with Crippen molar-refractivity contribution in [2.45, 2.75) is 13.0 Å². The number of fused-ring (bicyclic) bond motifs is 2. The van der Waals surface area contributed by atoms with Gasteiger partial charge in [-0.1, -0.05) is 18.2 Å². The van der Waals surface area contributed by atoms with E-state index in [1.54, 1.807) is 42.5 Å². The number of H-pyrrole nitrogens is 1. The van der Waals surface area contributed by atoms with E-state index in [1.807, 2.05) is 0 Å². The van der Waals surface area contributed by atoms with Gasteiger partial charge in [0.05, 0.1) is 5.56 Å². The summed E-state index contributed by atoms with van der Waals surface area (Å²) in [6, 6.07) is 13.0. The summed E-state index contributed by atoms with van der Waals surface area (Å²) >= 11 is 0. The Kier molecular flexibility index (Phi) is 4.44. The van der Waals surface area contributed by atoms with Crippen LogP contribution in [0.15, 0.2) is 53.3 Å². The van der Waals surface area contributed by atoms with Crippen molar-refractivity contribution in [3.63, 3.8) is 0 Å². The second-order valence-corrected chi connectivity index (χ2v) is 6.20. The van der Waals surface area contributed by atoms with Crippen molar-refractivity contribution in [2.24, 2.45) is 0 Å². The first-order valence-corrected chi connectivity index (χ1v) is 8.55. The Labute approximate surface area is 159 Å². The number of aromatic nitrogens is 1. The maximum absolute atomic E-state index is 12.5.